The van der Waals surface area contributed by atoms with Crippen LogP contribution in [0.2, 0.25) is 0 Å². The first-order valence-corrected chi connectivity index (χ1v) is 10.7. The average molecular weight is 408 g/mol. The number of rotatable bonds is 5. The van der Waals surface area contributed by atoms with Crippen LogP contribution in [0.4, 0.5) is 14.5 Å². The van der Waals surface area contributed by atoms with Gasteiger partial charge in [0.15, 0.2) is 0 Å². The molecule has 1 aliphatic rings. The number of benzene rings is 2. The van der Waals surface area contributed by atoms with Crippen molar-refractivity contribution in [3.63, 3.8) is 0 Å². The standard InChI is InChI=1S/C20H22F2N2O3S/c1-14-5-2-3-6-16(14)13-28(26,27)24-10-4-7-15(12-24)20(25)23-19-9-8-17(21)11-18(19)22/h2-3,5-6,8-9,11,15H,4,7,10,12-13H2,1H3,(H,23,25)/t15-/m1/s1. The molecule has 1 fully saturated rings. The molecule has 28 heavy (non-hydrogen) atoms. The predicted octanol–water partition coefficient (Wildman–Crippen LogP) is 3.45. The fraction of sp³-hybridized carbons (Fsp3) is 0.350. The van der Waals surface area contributed by atoms with Crippen LogP contribution in [0.25, 0.3) is 0 Å². The van der Waals surface area contributed by atoms with E-state index in [0.29, 0.717) is 25.5 Å². The summed E-state index contributed by atoms with van der Waals surface area (Å²) in [5.41, 5.74) is 1.50. The normalized spacial score (nSPS) is 18.0. The number of hydrogen-bond acceptors (Lipinski definition) is 3. The van der Waals surface area contributed by atoms with Gasteiger partial charge in [-0.15, -0.1) is 0 Å². The molecule has 1 N–H and O–H groups in total. The summed E-state index contributed by atoms with van der Waals surface area (Å²) in [4.78, 5) is 12.5. The zero-order chi connectivity index (χ0) is 20.3. The minimum atomic E-state index is -3.58. The second-order valence-corrected chi connectivity index (χ2v) is 8.96. The van der Waals surface area contributed by atoms with Gasteiger partial charge in [-0.2, -0.15) is 0 Å². The van der Waals surface area contributed by atoms with E-state index in [2.05, 4.69) is 5.32 Å². The van der Waals surface area contributed by atoms with Crippen LogP contribution >= 0.6 is 0 Å². The van der Waals surface area contributed by atoms with Gasteiger partial charge in [-0.1, -0.05) is 24.3 Å². The lowest BCUT2D eigenvalue weighted by Crippen LogP contribution is -2.44. The van der Waals surface area contributed by atoms with Crippen molar-refractivity contribution < 1.29 is 22.0 Å². The van der Waals surface area contributed by atoms with Gasteiger partial charge < -0.3 is 5.32 Å². The molecule has 0 saturated carbocycles. The molecule has 1 heterocycles. The van der Waals surface area contributed by atoms with Gasteiger partial charge in [-0.05, 0) is 43.0 Å². The van der Waals surface area contributed by atoms with Gasteiger partial charge in [-0.3, -0.25) is 4.79 Å². The van der Waals surface area contributed by atoms with E-state index < -0.39 is 33.5 Å². The molecule has 5 nitrogen and oxygen atoms in total. The zero-order valence-electron chi connectivity index (χ0n) is 15.5. The summed E-state index contributed by atoms with van der Waals surface area (Å²) in [6.07, 6.45) is 1.04. The van der Waals surface area contributed by atoms with Gasteiger partial charge in [0, 0.05) is 19.2 Å². The summed E-state index contributed by atoms with van der Waals surface area (Å²) in [5.74, 6) is -2.79. The molecule has 1 amide bonds. The minimum absolute atomic E-state index is 0.0445. The molecule has 0 bridgehead atoms. The zero-order valence-corrected chi connectivity index (χ0v) is 16.3. The van der Waals surface area contributed by atoms with Crippen LogP contribution in [0.15, 0.2) is 42.5 Å². The second-order valence-electron chi connectivity index (χ2n) is 6.99. The Morgan fingerprint density at radius 1 is 1.21 bits per heavy atom. The quantitative estimate of drug-likeness (QED) is 0.824. The number of sulfonamides is 1. The Hall–Kier alpha value is -2.32. The van der Waals surface area contributed by atoms with E-state index in [1.165, 1.54) is 4.31 Å². The Bertz CT molecular complexity index is 979. The number of nitrogens with one attached hydrogen (secondary N) is 1. The predicted molar refractivity (Wildman–Crippen MR) is 103 cm³/mol. The smallest absolute Gasteiger partial charge is 0.228 e. The van der Waals surface area contributed by atoms with Crippen molar-refractivity contribution in [3.8, 4) is 0 Å². The maximum Gasteiger partial charge on any atom is 0.228 e. The van der Waals surface area contributed by atoms with Crippen molar-refractivity contribution in [2.24, 2.45) is 5.92 Å². The highest BCUT2D eigenvalue weighted by molar-refractivity contribution is 7.88. The fourth-order valence-electron chi connectivity index (χ4n) is 3.29. The van der Waals surface area contributed by atoms with E-state index in [0.717, 1.165) is 23.3 Å². The number of aryl methyl sites for hydroxylation is 1. The number of amides is 1. The number of anilines is 1. The van der Waals surface area contributed by atoms with E-state index >= 15 is 0 Å². The molecular weight excluding hydrogens is 386 g/mol. The van der Waals surface area contributed by atoms with Gasteiger partial charge in [-0.25, -0.2) is 21.5 Å². The van der Waals surface area contributed by atoms with Crippen LogP contribution in [0.3, 0.4) is 0 Å². The van der Waals surface area contributed by atoms with Crippen LogP contribution in [0.1, 0.15) is 24.0 Å². The Labute approximate surface area is 163 Å². The highest BCUT2D eigenvalue weighted by atomic mass is 32.2. The molecule has 8 heteroatoms. The monoisotopic (exact) mass is 408 g/mol. The first-order valence-electron chi connectivity index (χ1n) is 9.04. The van der Waals surface area contributed by atoms with Crippen molar-refractivity contribution in [1.82, 2.24) is 4.31 Å². The highest BCUT2D eigenvalue weighted by Crippen LogP contribution is 2.24. The van der Waals surface area contributed by atoms with Gasteiger partial charge in [0.25, 0.3) is 0 Å². The summed E-state index contributed by atoms with van der Waals surface area (Å²) >= 11 is 0. The number of piperidine rings is 1. The van der Waals surface area contributed by atoms with Crippen LogP contribution in [0, 0.1) is 24.5 Å². The van der Waals surface area contributed by atoms with Crippen LogP contribution in [-0.2, 0) is 20.6 Å². The third-order valence-electron chi connectivity index (χ3n) is 4.94. The van der Waals surface area contributed by atoms with Crippen LogP contribution < -0.4 is 5.32 Å². The summed E-state index contributed by atoms with van der Waals surface area (Å²) < 4.78 is 53.7. The Kier molecular flexibility index (Phi) is 6.10. The van der Waals surface area contributed by atoms with E-state index in [1.54, 1.807) is 12.1 Å². The topological polar surface area (TPSA) is 66.5 Å². The summed E-state index contributed by atoms with van der Waals surface area (Å²) in [6.45, 7) is 2.25. The third kappa shape index (κ3) is 4.74. The van der Waals surface area contributed by atoms with Gasteiger partial charge in [0.1, 0.15) is 11.6 Å². The largest absolute Gasteiger partial charge is 0.323 e. The lowest BCUT2D eigenvalue weighted by Gasteiger charge is -2.31. The summed E-state index contributed by atoms with van der Waals surface area (Å²) in [5, 5.41) is 2.44. The molecule has 0 spiro atoms. The maximum atomic E-state index is 13.8. The van der Waals surface area contributed by atoms with E-state index in [9.17, 15) is 22.0 Å². The number of nitrogens with zero attached hydrogens (tertiary/aromatic N) is 1. The number of halogens is 2. The van der Waals surface area contributed by atoms with Crippen molar-refractivity contribution in [3.05, 3.63) is 65.2 Å². The first kappa shape index (κ1) is 20.4. The van der Waals surface area contributed by atoms with Gasteiger partial charge in [0.05, 0.1) is 17.4 Å². The van der Waals surface area contributed by atoms with Crippen molar-refractivity contribution in [1.29, 1.82) is 0 Å². The average Bonchev–Trinajstić information content (AvgIpc) is 2.66. The first-order chi connectivity index (χ1) is 13.3. The van der Waals surface area contributed by atoms with Crippen LogP contribution in [-0.4, -0.2) is 31.7 Å². The summed E-state index contributed by atoms with van der Waals surface area (Å²) in [6, 6.07) is 10.2. The minimum Gasteiger partial charge on any atom is -0.323 e. The lowest BCUT2D eigenvalue weighted by atomic mass is 9.98. The molecule has 2 aromatic rings. The molecule has 3 rings (SSSR count). The maximum absolute atomic E-state index is 13.8. The van der Waals surface area contributed by atoms with Gasteiger partial charge in [0.2, 0.25) is 15.9 Å². The Morgan fingerprint density at radius 2 is 1.96 bits per heavy atom. The molecular formula is C20H22F2N2O3S. The molecule has 0 aromatic heterocycles. The van der Waals surface area contributed by atoms with Crippen molar-refractivity contribution >= 4 is 21.6 Å². The molecule has 150 valence electrons. The molecule has 1 saturated heterocycles. The van der Waals surface area contributed by atoms with Gasteiger partial charge >= 0.3 is 0 Å². The highest BCUT2D eigenvalue weighted by Gasteiger charge is 2.32. The Balaban J connectivity index is 1.69. The molecule has 2 aromatic carbocycles. The third-order valence-corrected chi connectivity index (χ3v) is 6.73. The number of carbonyl (C=O) groups is 1. The van der Waals surface area contributed by atoms with E-state index in [-0.39, 0.29) is 18.0 Å². The molecule has 0 aliphatic carbocycles. The van der Waals surface area contributed by atoms with Crippen molar-refractivity contribution in [2.75, 3.05) is 18.4 Å². The number of hydrogen-bond donors (Lipinski definition) is 1. The summed E-state index contributed by atoms with van der Waals surface area (Å²) in [7, 11) is -3.58. The molecule has 1 aliphatic heterocycles. The van der Waals surface area contributed by atoms with E-state index in [1.807, 2.05) is 19.1 Å². The SMILES string of the molecule is Cc1ccccc1CS(=O)(=O)N1CCC[C@@H](C(=O)Nc2ccc(F)cc2F)C1. The molecule has 0 unspecified atom stereocenters. The number of carbonyl (C=O) groups excluding carboxylic acids is 1. The Morgan fingerprint density at radius 3 is 2.68 bits per heavy atom. The van der Waals surface area contributed by atoms with Crippen molar-refractivity contribution in [2.45, 2.75) is 25.5 Å². The van der Waals surface area contributed by atoms with E-state index in [4.69, 9.17) is 0 Å². The van der Waals surface area contributed by atoms with Crippen LogP contribution in [0.5, 0.6) is 0 Å². The second kappa shape index (κ2) is 8.36. The molecule has 1 atom stereocenters. The molecule has 0 radical (unpaired) electrons. The fourth-order valence-corrected chi connectivity index (χ4v) is 5.01. The lowest BCUT2D eigenvalue weighted by molar-refractivity contribution is -0.120.